The maximum Gasteiger partial charge on any atom is 0.336 e. The molecule has 1 unspecified atom stereocenters. The Labute approximate surface area is 91.8 Å². The van der Waals surface area contributed by atoms with Crippen LogP contribution in [0, 0.1) is 0 Å². The average molecular weight is 212 g/mol. The van der Waals surface area contributed by atoms with Gasteiger partial charge in [0, 0.05) is 12.0 Å². The molecular formula is C12H20O3. The molecule has 3 nitrogen and oxygen atoms in total. The van der Waals surface area contributed by atoms with Gasteiger partial charge in [0.25, 0.3) is 0 Å². The van der Waals surface area contributed by atoms with Crippen molar-refractivity contribution in [3.63, 3.8) is 0 Å². The predicted octanol–water partition coefficient (Wildman–Crippen LogP) is 3.17. The number of esters is 1. The van der Waals surface area contributed by atoms with Gasteiger partial charge in [0.05, 0.1) is 5.76 Å². The van der Waals surface area contributed by atoms with Crippen LogP contribution in [-0.2, 0) is 14.3 Å². The Kier molecular flexibility index (Phi) is 6.50. The fourth-order valence-electron chi connectivity index (χ4n) is 0.957. The molecule has 0 heterocycles. The second-order valence-electron chi connectivity index (χ2n) is 3.58. The van der Waals surface area contributed by atoms with Gasteiger partial charge in [-0.15, -0.1) is 0 Å². The van der Waals surface area contributed by atoms with Crippen molar-refractivity contribution in [3.05, 3.63) is 24.5 Å². The second kappa shape index (κ2) is 7.10. The van der Waals surface area contributed by atoms with Gasteiger partial charge in [0.2, 0.25) is 6.29 Å². The summed E-state index contributed by atoms with van der Waals surface area (Å²) in [5.74, 6) is 0.128. The molecule has 0 aliphatic heterocycles. The third kappa shape index (κ3) is 6.77. The first kappa shape index (κ1) is 13.8. The van der Waals surface area contributed by atoms with Crippen molar-refractivity contribution >= 4 is 5.97 Å². The van der Waals surface area contributed by atoms with E-state index in [1.807, 2.05) is 0 Å². The number of carbonyl (C=O) groups excluding carboxylic acids is 1. The van der Waals surface area contributed by atoms with Gasteiger partial charge in [-0.05, 0) is 20.3 Å². The van der Waals surface area contributed by atoms with E-state index >= 15 is 0 Å². The van der Waals surface area contributed by atoms with E-state index in [1.165, 1.54) is 0 Å². The average Bonchev–Trinajstić information content (AvgIpc) is 2.13. The Balaban J connectivity index is 4.16. The molecule has 0 rings (SSSR count). The Morgan fingerprint density at radius 2 is 1.87 bits per heavy atom. The van der Waals surface area contributed by atoms with Crippen LogP contribution in [0.4, 0.5) is 0 Å². The fraction of sp³-hybridized carbons (Fsp3) is 0.583. The molecule has 0 aromatic carbocycles. The molecule has 0 radical (unpaired) electrons. The molecule has 0 spiro atoms. The molecule has 0 aromatic rings. The highest BCUT2D eigenvalue weighted by molar-refractivity contribution is 5.87. The quantitative estimate of drug-likeness (QED) is 0.281. The molecule has 0 aromatic heterocycles. The molecule has 15 heavy (non-hydrogen) atoms. The SMILES string of the molecule is C=C(C)OC(CCCC)OC(=O)C(=C)C. The van der Waals surface area contributed by atoms with Gasteiger partial charge in [-0.2, -0.15) is 0 Å². The van der Waals surface area contributed by atoms with Crippen molar-refractivity contribution in [3.8, 4) is 0 Å². The first-order valence-corrected chi connectivity index (χ1v) is 5.16. The molecule has 0 N–H and O–H groups in total. The van der Waals surface area contributed by atoms with Gasteiger partial charge < -0.3 is 9.47 Å². The normalized spacial score (nSPS) is 11.7. The first-order valence-electron chi connectivity index (χ1n) is 5.16. The van der Waals surface area contributed by atoms with Crippen LogP contribution in [0.15, 0.2) is 24.5 Å². The van der Waals surface area contributed by atoms with Crippen LogP contribution in [0.5, 0.6) is 0 Å². The number of hydrogen-bond acceptors (Lipinski definition) is 3. The van der Waals surface area contributed by atoms with E-state index < -0.39 is 12.3 Å². The molecule has 0 fully saturated rings. The molecule has 3 heteroatoms. The minimum Gasteiger partial charge on any atom is -0.460 e. The predicted molar refractivity (Wildman–Crippen MR) is 60.1 cm³/mol. The zero-order valence-electron chi connectivity index (χ0n) is 9.84. The maximum absolute atomic E-state index is 11.3. The lowest BCUT2D eigenvalue weighted by Gasteiger charge is -2.19. The van der Waals surface area contributed by atoms with Crippen molar-refractivity contribution in [2.45, 2.75) is 46.3 Å². The van der Waals surface area contributed by atoms with E-state index in [0.717, 1.165) is 12.8 Å². The highest BCUT2D eigenvalue weighted by atomic mass is 16.7. The first-order chi connectivity index (χ1) is 6.97. The van der Waals surface area contributed by atoms with Crippen molar-refractivity contribution in [1.29, 1.82) is 0 Å². The summed E-state index contributed by atoms with van der Waals surface area (Å²) >= 11 is 0. The maximum atomic E-state index is 11.3. The van der Waals surface area contributed by atoms with Crippen molar-refractivity contribution in [1.82, 2.24) is 0 Å². The number of allylic oxidation sites excluding steroid dienone is 1. The van der Waals surface area contributed by atoms with Crippen LogP contribution < -0.4 is 0 Å². The largest absolute Gasteiger partial charge is 0.460 e. The van der Waals surface area contributed by atoms with Gasteiger partial charge in [-0.1, -0.05) is 26.5 Å². The summed E-state index contributed by atoms with van der Waals surface area (Å²) in [7, 11) is 0. The summed E-state index contributed by atoms with van der Waals surface area (Å²) in [6, 6.07) is 0. The minimum atomic E-state index is -0.536. The van der Waals surface area contributed by atoms with Gasteiger partial charge in [0.1, 0.15) is 0 Å². The summed E-state index contributed by atoms with van der Waals surface area (Å²) in [6.45, 7) is 12.5. The van der Waals surface area contributed by atoms with Crippen molar-refractivity contribution < 1.29 is 14.3 Å². The van der Waals surface area contributed by atoms with Gasteiger partial charge in [-0.25, -0.2) is 4.79 Å². The van der Waals surface area contributed by atoms with E-state index in [0.29, 0.717) is 17.8 Å². The summed E-state index contributed by atoms with van der Waals surface area (Å²) < 4.78 is 10.4. The van der Waals surface area contributed by atoms with Gasteiger partial charge in [-0.3, -0.25) is 0 Å². The van der Waals surface area contributed by atoms with Crippen LogP contribution in [0.25, 0.3) is 0 Å². The molecule has 1 atom stereocenters. The number of unbranched alkanes of at least 4 members (excludes halogenated alkanes) is 1. The summed E-state index contributed by atoms with van der Waals surface area (Å²) in [5, 5.41) is 0. The van der Waals surface area contributed by atoms with Gasteiger partial charge >= 0.3 is 5.97 Å². The monoisotopic (exact) mass is 212 g/mol. The van der Waals surface area contributed by atoms with Crippen LogP contribution in [0.3, 0.4) is 0 Å². The lowest BCUT2D eigenvalue weighted by molar-refractivity contribution is -0.167. The topological polar surface area (TPSA) is 35.5 Å². The Morgan fingerprint density at radius 3 is 2.27 bits per heavy atom. The van der Waals surface area contributed by atoms with Crippen LogP contribution >= 0.6 is 0 Å². The van der Waals surface area contributed by atoms with Crippen molar-refractivity contribution in [2.24, 2.45) is 0 Å². The fourth-order valence-corrected chi connectivity index (χ4v) is 0.957. The lowest BCUT2D eigenvalue weighted by Crippen LogP contribution is -2.21. The van der Waals surface area contributed by atoms with Crippen LogP contribution in [0.2, 0.25) is 0 Å². The highest BCUT2D eigenvalue weighted by Gasteiger charge is 2.15. The van der Waals surface area contributed by atoms with Crippen LogP contribution in [0.1, 0.15) is 40.0 Å². The molecule has 0 saturated carbocycles. The Hall–Kier alpha value is -1.25. The molecule has 0 saturated heterocycles. The number of rotatable bonds is 7. The second-order valence-corrected chi connectivity index (χ2v) is 3.58. The minimum absolute atomic E-state index is 0.377. The molecule has 0 aliphatic carbocycles. The molecular weight excluding hydrogens is 192 g/mol. The molecule has 86 valence electrons. The van der Waals surface area contributed by atoms with E-state index in [2.05, 4.69) is 20.1 Å². The smallest absolute Gasteiger partial charge is 0.336 e. The summed E-state index contributed by atoms with van der Waals surface area (Å²) in [6.07, 6.45) is 2.12. The number of carbonyl (C=O) groups is 1. The molecule has 0 bridgehead atoms. The molecule has 0 amide bonds. The number of ether oxygens (including phenoxy) is 2. The molecule has 0 aliphatic rings. The van der Waals surface area contributed by atoms with Crippen molar-refractivity contribution in [2.75, 3.05) is 0 Å². The third-order valence-electron chi connectivity index (χ3n) is 1.71. The summed E-state index contributed by atoms with van der Waals surface area (Å²) in [5.41, 5.74) is 0.377. The standard InChI is InChI=1S/C12H20O3/c1-6-7-8-11(14-10(4)5)15-12(13)9(2)3/h11H,2,4,6-8H2,1,3,5H3. The highest BCUT2D eigenvalue weighted by Crippen LogP contribution is 2.11. The Bertz CT molecular complexity index is 243. The third-order valence-corrected chi connectivity index (χ3v) is 1.71. The summed E-state index contributed by atoms with van der Waals surface area (Å²) in [4.78, 5) is 11.3. The number of hydrogen-bond donors (Lipinski definition) is 0. The van der Waals surface area contributed by atoms with E-state index in [9.17, 15) is 4.79 Å². The Morgan fingerprint density at radius 1 is 1.27 bits per heavy atom. The zero-order valence-corrected chi connectivity index (χ0v) is 9.84. The van der Waals surface area contributed by atoms with E-state index in [4.69, 9.17) is 9.47 Å². The van der Waals surface area contributed by atoms with Gasteiger partial charge in [0.15, 0.2) is 0 Å². The van der Waals surface area contributed by atoms with E-state index in [-0.39, 0.29) is 0 Å². The van der Waals surface area contributed by atoms with Crippen LogP contribution in [-0.4, -0.2) is 12.3 Å². The van der Waals surface area contributed by atoms with E-state index in [1.54, 1.807) is 13.8 Å². The lowest BCUT2D eigenvalue weighted by atomic mass is 10.2. The zero-order chi connectivity index (χ0) is 11.8.